The van der Waals surface area contributed by atoms with Crippen LogP contribution in [-0.2, 0) is 12.8 Å². The maximum atomic E-state index is 6.02. The van der Waals surface area contributed by atoms with E-state index >= 15 is 0 Å². The van der Waals surface area contributed by atoms with Gasteiger partial charge in [-0.15, -0.1) is 11.3 Å². The molecule has 0 fully saturated rings. The molecule has 0 saturated heterocycles. The molecule has 0 radical (unpaired) electrons. The summed E-state index contributed by atoms with van der Waals surface area (Å²) < 4.78 is 6.02. The van der Waals surface area contributed by atoms with E-state index in [1.165, 1.54) is 52.1 Å². The van der Waals surface area contributed by atoms with Crippen LogP contribution in [0.25, 0.3) is 11.6 Å². The van der Waals surface area contributed by atoms with E-state index in [0.29, 0.717) is 0 Å². The first-order valence-corrected chi connectivity index (χ1v) is 9.04. The zero-order valence-corrected chi connectivity index (χ0v) is 13.8. The second kappa shape index (κ2) is 5.81. The van der Waals surface area contributed by atoms with Gasteiger partial charge in [-0.05, 0) is 66.0 Å². The van der Waals surface area contributed by atoms with E-state index < -0.39 is 0 Å². The summed E-state index contributed by atoms with van der Waals surface area (Å²) in [6.45, 7) is 3.82. The van der Waals surface area contributed by atoms with E-state index in [-0.39, 0.29) is 0 Å². The lowest BCUT2D eigenvalue weighted by atomic mass is 9.95. The molecular formula is C19H21NOS. The van der Waals surface area contributed by atoms with Crippen molar-refractivity contribution in [1.82, 2.24) is 0 Å². The third kappa shape index (κ3) is 2.34. The first-order chi connectivity index (χ1) is 10.9. The first kappa shape index (κ1) is 13.9. The molecule has 2 nitrogen and oxygen atoms in total. The SMILES string of the molecule is CCCOc1cc2c(c3c1NCC(c1cccs1)=C3)CCC2. The highest BCUT2D eigenvalue weighted by molar-refractivity contribution is 7.11. The van der Waals surface area contributed by atoms with E-state index in [1.54, 1.807) is 0 Å². The normalized spacial score (nSPS) is 15.8. The van der Waals surface area contributed by atoms with Crippen molar-refractivity contribution >= 4 is 28.7 Å². The molecule has 2 aliphatic rings. The summed E-state index contributed by atoms with van der Waals surface area (Å²) in [6, 6.07) is 6.61. The summed E-state index contributed by atoms with van der Waals surface area (Å²) in [6.07, 6.45) is 7.08. The van der Waals surface area contributed by atoms with Gasteiger partial charge in [0, 0.05) is 17.0 Å². The Balaban J connectivity index is 1.81. The molecule has 1 aromatic heterocycles. The van der Waals surface area contributed by atoms with E-state index in [9.17, 15) is 0 Å². The molecule has 2 heterocycles. The number of ether oxygens (including phenoxy) is 1. The van der Waals surface area contributed by atoms with Crippen LogP contribution < -0.4 is 10.1 Å². The molecule has 0 saturated carbocycles. The Kier molecular flexibility index (Phi) is 3.67. The van der Waals surface area contributed by atoms with Gasteiger partial charge in [-0.2, -0.15) is 0 Å². The van der Waals surface area contributed by atoms with Crippen molar-refractivity contribution in [3.05, 3.63) is 45.1 Å². The van der Waals surface area contributed by atoms with E-state index in [4.69, 9.17) is 4.74 Å². The van der Waals surface area contributed by atoms with Crippen molar-refractivity contribution in [2.24, 2.45) is 0 Å². The van der Waals surface area contributed by atoms with E-state index in [1.807, 2.05) is 11.3 Å². The third-order valence-corrected chi connectivity index (χ3v) is 5.43. The summed E-state index contributed by atoms with van der Waals surface area (Å²) in [4.78, 5) is 1.37. The highest BCUT2D eigenvalue weighted by atomic mass is 32.1. The molecular weight excluding hydrogens is 290 g/mol. The molecule has 0 unspecified atom stereocenters. The predicted molar refractivity (Wildman–Crippen MR) is 94.9 cm³/mol. The lowest BCUT2D eigenvalue weighted by molar-refractivity contribution is 0.318. The number of anilines is 1. The Morgan fingerprint density at radius 2 is 2.27 bits per heavy atom. The van der Waals surface area contributed by atoms with Gasteiger partial charge in [0.05, 0.1) is 12.3 Å². The zero-order chi connectivity index (χ0) is 14.9. The maximum Gasteiger partial charge on any atom is 0.143 e. The summed E-state index contributed by atoms with van der Waals surface area (Å²) >= 11 is 1.82. The summed E-state index contributed by atoms with van der Waals surface area (Å²) in [5.74, 6) is 1.04. The average molecular weight is 311 g/mol. The molecule has 1 aromatic carbocycles. The Morgan fingerprint density at radius 3 is 3.09 bits per heavy atom. The first-order valence-electron chi connectivity index (χ1n) is 8.16. The molecule has 114 valence electrons. The Hall–Kier alpha value is -1.74. The van der Waals surface area contributed by atoms with Crippen LogP contribution >= 0.6 is 11.3 Å². The van der Waals surface area contributed by atoms with E-state index in [2.05, 4.69) is 41.9 Å². The number of aryl methyl sites for hydroxylation is 1. The van der Waals surface area contributed by atoms with Gasteiger partial charge in [-0.25, -0.2) is 0 Å². The minimum atomic E-state index is 0.786. The average Bonchev–Trinajstić information content (AvgIpc) is 3.23. The number of rotatable bonds is 4. The number of fused-ring (bicyclic) bond motifs is 3. The van der Waals surface area contributed by atoms with Crippen molar-refractivity contribution in [1.29, 1.82) is 0 Å². The number of benzene rings is 1. The lowest BCUT2D eigenvalue weighted by Gasteiger charge is -2.24. The molecule has 1 aliphatic carbocycles. The van der Waals surface area contributed by atoms with Crippen LogP contribution in [0.3, 0.4) is 0 Å². The van der Waals surface area contributed by atoms with Gasteiger partial charge in [0.25, 0.3) is 0 Å². The minimum absolute atomic E-state index is 0.786. The molecule has 0 atom stereocenters. The van der Waals surface area contributed by atoms with Crippen LogP contribution in [0.15, 0.2) is 23.6 Å². The van der Waals surface area contributed by atoms with Gasteiger partial charge in [-0.3, -0.25) is 0 Å². The number of thiophene rings is 1. The fraction of sp³-hybridized carbons (Fsp3) is 0.368. The molecule has 1 N–H and O–H groups in total. The van der Waals surface area contributed by atoms with Gasteiger partial charge in [0.1, 0.15) is 5.75 Å². The monoisotopic (exact) mass is 311 g/mol. The standard InChI is InChI=1S/C19H21NOS/c1-2-8-21-17-11-13-5-3-6-15(13)16-10-14(12-20-19(16)17)18-7-4-9-22-18/h4,7,9-11,20H,2-3,5-6,8,12H2,1H3. The summed E-state index contributed by atoms with van der Waals surface area (Å²) in [5.41, 5.74) is 6.98. The quantitative estimate of drug-likeness (QED) is 0.858. The minimum Gasteiger partial charge on any atom is -0.491 e. The van der Waals surface area contributed by atoms with Gasteiger partial charge in [0.2, 0.25) is 0 Å². The second-order valence-electron chi connectivity index (χ2n) is 6.00. The van der Waals surface area contributed by atoms with Gasteiger partial charge in [-0.1, -0.05) is 13.0 Å². The van der Waals surface area contributed by atoms with E-state index in [0.717, 1.165) is 25.3 Å². The van der Waals surface area contributed by atoms with Crippen molar-refractivity contribution < 1.29 is 4.74 Å². The van der Waals surface area contributed by atoms with Crippen molar-refractivity contribution in [3.8, 4) is 5.75 Å². The smallest absolute Gasteiger partial charge is 0.143 e. The fourth-order valence-electron chi connectivity index (χ4n) is 3.44. The highest BCUT2D eigenvalue weighted by Gasteiger charge is 2.24. The van der Waals surface area contributed by atoms with Crippen LogP contribution in [0, 0.1) is 0 Å². The Labute approximate surface area is 135 Å². The second-order valence-corrected chi connectivity index (χ2v) is 6.95. The predicted octanol–water partition coefficient (Wildman–Crippen LogP) is 4.99. The Bertz CT molecular complexity index is 716. The van der Waals surface area contributed by atoms with Crippen LogP contribution in [0.2, 0.25) is 0 Å². The van der Waals surface area contributed by atoms with Crippen LogP contribution in [0.4, 0.5) is 5.69 Å². The van der Waals surface area contributed by atoms with Gasteiger partial charge in [0.15, 0.2) is 0 Å². The molecule has 0 bridgehead atoms. The highest BCUT2D eigenvalue weighted by Crippen LogP contribution is 2.42. The van der Waals surface area contributed by atoms with Crippen molar-refractivity contribution in [2.45, 2.75) is 32.6 Å². The van der Waals surface area contributed by atoms with Crippen LogP contribution in [0.5, 0.6) is 5.75 Å². The van der Waals surface area contributed by atoms with Crippen molar-refractivity contribution in [2.75, 3.05) is 18.5 Å². The largest absolute Gasteiger partial charge is 0.491 e. The Morgan fingerprint density at radius 1 is 1.32 bits per heavy atom. The van der Waals surface area contributed by atoms with Gasteiger partial charge >= 0.3 is 0 Å². The molecule has 0 spiro atoms. The number of hydrogen-bond acceptors (Lipinski definition) is 3. The third-order valence-electron chi connectivity index (χ3n) is 4.48. The molecule has 0 amide bonds. The topological polar surface area (TPSA) is 21.3 Å². The number of hydrogen-bond donors (Lipinski definition) is 1. The number of nitrogens with one attached hydrogen (secondary N) is 1. The fourth-order valence-corrected chi connectivity index (χ4v) is 4.19. The molecule has 4 rings (SSSR count). The van der Waals surface area contributed by atoms with Gasteiger partial charge < -0.3 is 10.1 Å². The summed E-state index contributed by atoms with van der Waals surface area (Å²) in [5, 5.41) is 5.77. The van der Waals surface area contributed by atoms with Crippen LogP contribution in [-0.4, -0.2) is 13.2 Å². The van der Waals surface area contributed by atoms with Crippen molar-refractivity contribution in [3.63, 3.8) is 0 Å². The molecule has 2 aromatic rings. The molecule has 22 heavy (non-hydrogen) atoms. The summed E-state index contributed by atoms with van der Waals surface area (Å²) in [7, 11) is 0. The zero-order valence-electron chi connectivity index (χ0n) is 12.9. The molecule has 3 heteroatoms. The maximum absolute atomic E-state index is 6.02. The van der Waals surface area contributed by atoms with Crippen LogP contribution in [0.1, 0.15) is 41.3 Å². The lowest BCUT2D eigenvalue weighted by Crippen LogP contribution is -2.13. The molecule has 1 aliphatic heterocycles.